The van der Waals surface area contributed by atoms with Crippen molar-refractivity contribution in [2.45, 2.75) is 39.2 Å². The monoisotopic (exact) mass is 264 g/mol. The molecule has 19 heavy (non-hydrogen) atoms. The lowest BCUT2D eigenvalue weighted by molar-refractivity contribution is 0.103. The molecule has 0 aromatic heterocycles. The van der Waals surface area contributed by atoms with Gasteiger partial charge in [0.15, 0.2) is 0 Å². The smallest absolute Gasteiger partial charge is 0.123 e. The van der Waals surface area contributed by atoms with E-state index in [1.54, 1.807) is 0 Å². The number of anilines is 1. The summed E-state index contributed by atoms with van der Waals surface area (Å²) >= 11 is 0. The molecule has 2 N–H and O–H groups in total. The fourth-order valence-corrected chi connectivity index (χ4v) is 3.30. The molecule has 1 saturated carbocycles. The molecular formula is C16H25FN2. The third kappa shape index (κ3) is 2.62. The largest absolute Gasteiger partial charge is 0.365 e. The lowest BCUT2D eigenvalue weighted by Gasteiger charge is -2.56. The van der Waals surface area contributed by atoms with E-state index in [2.05, 4.69) is 25.7 Å². The molecule has 0 bridgehead atoms. The molecule has 0 heterocycles. The zero-order valence-electron chi connectivity index (χ0n) is 12.2. The van der Waals surface area contributed by atoms with Gasteiger partial charge in [-0.2, -0.15) is 0 Å². The van der Waals surface area contributed by atoms with Gasteiger partial charge in [-0.1, -0.05) is 13.8 Å². The van der Waals surface area contributed by atoms with Gasteiger partial charge < -0.3 is 10.6 Å². The Morgan fingerprint density at radius 1 is 1.32 bits per heavy atom. The minimum atomic E-state index is -0.185. The lowest BCUT2D eigenvalue weighted by Crippen LogP contribution is -2.63. The van der Waals surface area contributed by atoms with E-state index in [1.165, 1.54) is 12.1 Å². The van der Waals surface area contributed by atoms with Crippen LogP contribution >= 0.6 is 0 Å². The summed E-state index contributed by atoms with van der Waals surface area (Å²) in [6.07, 6.45) is 2.29. The third-order valence-corrected chi connectivity index (χ3v) is 4.63. The molecule has 2 rings (SSSR count). The summed E-state index contributed by atoms with van der Waals surface area (Å²) in [4.78, 5) is 2.35. The van der Waals surface area contributed by atoms with E-state index in [0.29, 0.717) is 12.5 Å². The van der Waals surface area contributed by atoms with E-state index in [9.17, 15) is 4.39 Å². The van der Waals surface area contributed by atoms with Crippen LogP contribution in [0, 0.1) is 17.7 Å². The predicted octanol–water partition coefficient (Wildman–Crippen LogP) is 3.42. The van der Waals surface area contributed by atoms with Gasteiger partial charge in [0.05, 0.1) is 5.54 Å². The highest BCUT2D eigenvalue weighted by Gasteiger charge is 2.47. The molecular weight excluding hydrogens is 239 g/mol. The average molecular weight is 264 g/mol. The fourth-order valence-electron chi connectivity index (χ4n) is 3.30. The van der Waals surface area contributed by atoms with E-state index in [1.807, 2.05) is 12.1 Å². The van der Waals surface area contributed by atoms with Crippen LogP contribution in [0.5, 0.6) is 0 Å². The molecule has 1 aliphatic carbocycles. The second-order valence-electron chi connectivity index (χ2n) is 6.06. The maximum Gasteiger partial charge on any atom is 0.123 e. The summed E-state index contributed by atoms with van der Waals surface area (Å²) in [6.45, 7) is 8.27. The fraction of sp³-hybridized carbons (Fsp3) is 0.625. The van der Waals surface area contributed by atoms with Crippen LogP contribution in [0.1, 0.15) is 33.6 Å². The zero-order chi connectivity index (χ0) is 14.0. The van der Waals surface area contributed by atoms with Crippen LogP contribution in [0.3, 0.4) is 0 Å². The Morgan fingerprint density at radius 3 is 2.32 bits per heavy atom. The summed E-state index contributed by atoms with van der Waals surface area (Å²) in [7, 11) is 0. The Labute approximate surface area is 115 Å². The number of rotatable bonds is 5. The van der Waals surface area contributed by atoms with Crippen molar-refractivity contribution in [3.05, 3.63) is 30.1 Å². The first-order chi connectivity index (χ1) is 9.02. The minimum Gasteiger partial charge on any atom is -0.365 e. The van der Waals surface area contributed by atoms with Gasteiger partial charge >= 0.3 is 0 Å². The first-order valence-corrected chi connectivity index (χ1v) is 7.25. The SMILES string of the molecule is CCN(c1ccc(F)cc1)C1(CN)CC(C(C)C)C1. The Bertz CT molecular complexity index is 407. The van der Waals surface area contributed by atoms with Gasteiger partial charge in [-0.25, -0.2) is 4.39 Å². The zero-order valence-corrected chi connectivity index (χ0v) is 12.2. The van der Waals surface area contributed by atoms with Gasteiger partial charge in [0.25, 0.3) is 0 Å². The highest BCUT2D eigenvalue weighted by Crippen LogP contribution is 2.46. The average Bonchev–Trinajstić information content (AvgIpc) is 2.34. The van der Waals surface area contributed by atoms with Crippen LogP contribution in [-0.2, 0) is 0 Å². The van der Waals surface area contributed by atoms with Gasteiger partial charge in [-0.05, 0) is 55.9 Å². The number of likely N-dealkylation sites (N-methyl/N-ethyl adjacent to an activating group) is 1. The van der Waals surface area contributed by atoms with Crippen molar-refractivity contribution in [1.29, 1.82) is 0 Å². The second-order valence-corrected chi connectivity index (χ2v) is 6.06. The van der Waals surface area contributed by atoms with Gasteiger partial charge in [0.2, 0.25) is 0 Å². The minimum absolute atomic E-state index is 0.0709. The van der Waals surface area contributed by atoms with Crippen LogP contribution in [0.25, 0.3) is 0 Å². The topological polar surface area (TPSA) is 29.3 Å². The Balaban J connectivity index is 2.19. The molecule has 1 aromatic carbocycles. The molecule has 0 amide bonds. The van der Waals surface area contributed by atoms with Gasteiger partial charge in [-0.15, -0.1) is 0 Å². The Kier molecular flexibility index (Phi) is 4.14. The first-order valence-electron chi connectivity index (χ1n) is 7.25. The number of nitrogens with two attached hydrogens (primary N) is 1. The third-order valence-electron chi connectivity index (χ3n) is 4.63. The number of benzene rings is 1. The Hall–Kier alpha value is -1.09. The molecule has 0 aliphatic heterocycles. The molecule has 2 nitrogen and oxygen atoms in total. The Morgan fingerprint density at radius 2 is 1.89 bits per heavy atom. The van der Waals surface area contributed by atoms with Crippen molar-refractivity contribution in [3.8, 4) is 0 Å². The molecule has 1 fully saturated rings. The van der Waals surface area contributed by atoms with Crippen LogP contribution in [0.15, 0.2) is 24.3 Å². The molecule has 0 radical (unpaired) electrons. The molecule has 0 saturated heterocycles. The van der Waals surface area contributed by atoms with Crippen molar-refractivity contribution in [3.63, 3.8) is 0 Å². The summed E-state index contributed by atoms with van der Waals surface area (Å²) < 4.78 is 13.1. The molecule has 0 spiro atoms. The van der Waals surface area contributed by atoms with E-state index in [0.717, 1.165) is 31.0 Å². The van der Waals surface area contributed by atoms with Crippen molar-refractivity contribution in [1.82, 2.24) is 0 Å². The van der Waals surface area contributed by atoms with Crippen LogP contribution < -0.4 is 10.6 Å². The van der Waals surface area contributed by atoms with Crippen LogP contribution in [0.4, 0.5) is 10.1 Å². The van der Waals surface area contributed by atoms with Crippen LogP contribution in [-0.4, -0.2) is 18.6 Å². The molecule has 106 valence electrons. The quantitative estimate of drug-likeness (QED) is 0.883. The normalized spacial score (nSPS) is 26.3. The number of hydrogen-bond acceptors (Lipinski definition) is 2. The van der Waals surface area contributed by atoms with E-state index in [-0.39, 0.29) is 11.4 Å². The van der Waals surface area contributed by atoms with Gasteiger partial charge in [0.1, 0.15) is 5.82 Å². The maximum atomic E-state index is 13.1. The van der Waals surface area contributed by atoms with Gasteiger partial charge in [-0.3, -0.25) is 0 Å². The predicted molar refractivity (Wildman–Crippen MR) is 78.8 cm³/mol. The summed E-state index contributed by atoms with van der Waals surface area (Å²) in [5, 5.41) is 0. The van der Waals surface area contributed by atoms with Crippen LogP contribution in [0.2, 0.25) is 0 Å². The van der Waals surface area contributed by atoms with Crippen molar-refractivity contribution in [2.75, 3.05) is 18.0 Å². The maximum absolute atomic E-state index is 13.1. The summed E-state index contributed by atoms with van der Waals surface area (Å²) in [6, 6.07) is 6.78. The van der Waals surface area contributed by atoms with Crippen molar-refractivity contribution in [2.24, 2.45) is 17.6 Å². The van der Waals surface area contributed by atoms with E-state index >= 15 is 0 Å². The summed E-state index contributed by atoms with van der Waals surface area (Å²) in [5.41, 5.74) is 7.21. The number of halogens is 1. The molecule has 0 unspecified atom stereocenters. The molecule has 1 aromatic rings. The van der Waals surface area contributed by atoms with E-state index in [4.69, 9.17) is 5.73 Å². The number of hydrogen-bond donors (Lipinski definition) is 1. The molecule has 0 atom stereocenters. The molecule has 1 aliphatic rings. The highest BCUT2D eigenvalue weighted by atomic mass is 19.1. The highest BCUT2D eigenvalue weighted by molar-refractivity contribution is 5.50. The van der Waals surface area contributed by atoms with E-state index < -0.39 is 0 Å². The standard InChI is InChI=1S/C16H25FN2/c1-4-19(15-7-5-14(17)6-8-15)16(11-18)9-13(10-16)12(2)3/h5-8,12-13H,4,9-11,18H2,1-3H3. The summed E-state index contributed by atoms with van der Waals surface area (Å²) in [5.74, 6) is 1.29. The first kappa shape index (κ1) is 14.3. The van der Waals surface area contributed by atoms with Crippen molar-refractivity contribution < 1.29 is 4.39 Å². The number of nitrogens with zero attached hydrogens (tertiary/aromatic N) is 1. The lowest BCUT2D eigenvalue weighted by atomic mass is 9.63. The van der Waals surface area contributed by atoms with Gasteiger partial charge in [0, 0.05) is 18.8 Å². The second kappa shape index (κ2) is 5.49. The molecule has 3 heteroatoms. The van der Waals surface area contributed by atoms with Crippen molar-refractivity contribution >= 4 is 5.69 Å².